The molecular weight excluding hydrogens is 314 g/mol. The minimum Gasteiger partial charge on any atom is -0.308 e. The standard InChI is InChI=1S/C16H14BrN3/c17-15-7-12(9-19-11-15)8-18-10-14-4-1-3-13-5-2-6-20-16(13)14/h1-7,9,11,18H,8,10H2. The Kier molecular flexibility index (Phi) is 4.04. The molecule has 0 bridgehead atoms. The van der Waals surface area contributed by atoms with Gasteiger partial charge in [-0.15, -0.1) is 0 Å². The Hall–Kier alpha value is -1.78. The molecule has 0 aliphatic carbocycles. The molecule has 2 heterocycles. The van der Waals surface area contributed by atoms with Crippen LogP contribution in [0.1, 0.15) is 11.1 Å². The first-order chi connectivity index (χ1) is 9.83. The largest absolute Gasteiger partial charge is 0.308 e. The molecule has 0 radical (unpaired) electrons. The second-order valence-corrected chi connectivity index (χ2v) is 5.52. The molecule has 20 heavy (non-hydrogen) atoms. The maximum atomic E-state index is 4.46. The minimum atomic E-state index is 0.787. The van der Waals surface area contributed by atoms with Crippen molar-refractivity contribution in [1.29, 1.82) is 0 Å². The quantitative estimate of drug-likeness (QED) is 0.794. The second kappa shape index (κ2) is 6.11. The number of pyridine rings is 2. The predicted octanol–water partition coefficient (Wildman–Crippen LogP) is 3.68. The summed E-state index contributed by atoms with van der Waals surface area (Å²) in [6.07, 6.45) is 5.50. The minimum absolute atomic E-state index is 0.787. The summed E-state index contributed by atoms with van der Waals surface area (Å²) in [7, 11) is 0. The monoisotopic (exact) mass is 327 g/mol. The van der Waals surface area contributed by atoms with E-state index in [9.17, 15) is 0 Å². The lowest BCUT2D eigenvalue weighted by molar-refractivity contribution is 0.693. The van der Waals surface area contributed by atoms with Crippen LogP contribution in [0.15, 0.2) is 59.5 Å². The second-order valence-electron chi connectivity index (χ2n) is 4.61. The van der Waals surface area contributed by atoms with Gasteiger partial charge < -0.3 is 5.32 Å². The molecule has 0 saturated carbocycles. The SMILES string of the molecule is Brc1cncc(CNCc2cccc3cccnc23)c1. The van der Waals surface area contributed by atoms with Crippen molar-refractivity contribution in [3.8, 4) is 0 Å². The molecule has 0 aliphatic rings. The number of para-hydroxylation sites is 1. The Labute approximate surface area is 126 Å². The molecular formula is C16H14BrN3. The highest BCUT2D eigenvalue weighted by molar-refractivity contribution is 9.10. The average Bonchev–Trinajstić information content (AvgIpc) is 2.48. The number of hydrogen-bond acceptors (Lipinski definition) is 3. The number of nitrogens with one attached hydrogen (secondary N) is 1. The van der Waals surface area contributed by atoms with Gasteiger partial charge in [-0.2, -0.15) is 0 Å². The number of halogens is 1. The van der Waals surface area contributed by atoms with E-state index in [0.717, 1.165) is 28.6 Å². The average molecular weight is 328 g/mol. The maximum Gasteiger partial charge on any atom is 0.0746 e. The summed E-state index contributed by atoms with van der Waals surface area (Å²) in [6.45, 7) is 1.58. The molecule has 1 N–H and O–H groups in total. The summed E-state index contributed by atoms with van der Waals surface area (Å²) < 4.78 is 1.00. The van der Waals surface area contributed by atoms with Crippen molar-refractivity contribution >= 4 is 26.8 Å². The lowest BCUT2D eigenvalue weighted by Crippen LogP contribution is -2.13. The van der Waals surface area contributed by atoms with Gasteiger partial charge >= 0.3 is 0 Å². The van der Waals surface area contributed by atoms with E-state index in [1.165, 1.54) is 10.9 Å². The molecule has 0 aliphatic heterocycles. The highest BCUT2D eigenvalue weighted by Gasteiger charge is 2.01. The molecule has 0 fully saturated rings. The number of fused-ring (bicyclic) bond motifs is 1. The molecule has 0 spiro atoms. The van der Waals surface area contributed by atoms with Crippen molar-refractivity contribution < 1.29 is 0 Å². The Morgan fingerprint density at radius 3 is 2.85 bits per heavy atom. The third kappa shape index (κ3) is 3.03. The fourth-order valence-electron chi connectivity index (χ4n) is 2.20. The molecule has 100 valence electrons. The van der Waals surface area contributed by atoms with Crippen molar-refractivity contribution in [2.45, 2.75) is 13.1 Å². The van der Waals surface area contributed by atoms with Crippen LogP contribution in [-0.2, 0) is 13.1 Å². The van der Waals surface area contributed by atoms with Crippen LogP contribution in [0.25, 0.3) is 10.9 Å². The number of benzene rings is 1. The Morgan fingerprint density at radius 2 is 1.95 bits per heavy atom. The smallest absolute Gasteiger partial charge is 0.0746 e. The third-order valence-corrected chi connectivity index (χ3v) is 3.56. The third-order valence-electron chi connectivity index (χ3n) is 3.12. The summed E-state index contributed by atoms with van der Waals surface area (Å²) in [5.41, 5.74) is 3.44. The molecule has 4 heteroatoms. The van der Waals surface area contributed by atoms with Gasteiger partial charge in [-0.3, -0.25) is 9.97 Å². The van der Waals surface area contributed by atoms with Crippen LogP contribution in [0.3, 0.4) is 0 Å². The van der Waals surface area contributed by atoms with E-state index in [0.29, 0.717) is 0 Å². The van der Waals surface area contributed by atoms with E-state index in [2.05, 4.69) is 61.5 Å². The molecule has 0 amide bonds. The fourth-order valence-corrected chi connectivity index (χ4v) is 2.62. The van der Waals surface area contributed by atoms with E-state index in [1.54, 1.807) is 6.20 Å². The highest BCUT2D eigenvalue weighted by Crippen LogP contribution is 2.16. The lowest BCUT2D eigenvalue weighted by atomic mass is 10.1. The van der Waals surface area contributed by atoms with Gasteiger partial charge in [-0.05, 0) is 39.2 Å². The van der Waals surface area contributed by atoms with Crippen LogP contribution >= 0.6 is 15.9 Å². The van der Waals surface area contributed by atoms with Gasteiger partial charge in [0.25, 0.3) is 0 Å². The molecule has 3 nitrogen and oxygen atoms in total. The van der Waals surface area contributed by atoms with E-state index >= 15 is 0 Å². The van der Waals surface area contributed by atoms with E-state index in [-0.39, 0.29) is 0 Å². The zero-order chi connectivity index (χ0) is 13.8. The van der Waals surface area contributed by atoms with E-state index < -0.39 is 0 Å². The molecule has 0 unspecified atom stereocenters. The maximum absolute atomic E-state index is 4.46. The first-order valence-corrected chi connectivity index (χ1v) is 7.25. The first-order valence-electron chi connectivity index (χ1n) is 6.46. The van der Waals surface area contributed by atoms with Crippen molar-refractivity contribution in [3.05, 3.63) is 70.6 Å². The highest BCUT2D eigenvalue weighted by atomic mass is 79.9. The van der Waals surface area contributed by atoms with Crippen LogP contribution in [-0.4, -0.2) is 9.97 Å². The predicted molar refractivity (Wildman–Crippen MR) is 84.2 cm³/mol. The number of aromatic nitrogens is 2. The van der Waals surface area contributed by atoms with Crippen molar-refractivity contribution in [1.82, 2.24) is 15.3 Å². The molecule has 0 saturated heterocycles. The normalized spacial score (nSPS) is 10.8. The summed E-state index contributed by atoms with van der Waals surface area (Å²) >= 11 is 3.43. The summed E-state index contributed by atoms with van der Waals surface area (Å²) in [5.74, 6) is 0. The molecule has 3 rings (SSSR count). The number of nitrogens with zero attached hydrogens (tertiary/aromatic N) is 2. The van der Waals surface area contributed by atoms with Crippen LogP contribution in [0.2, 0.25) is 0 Å². The lowest BCUT2D eigenvalue weighted by Gasteiger charge is -2.07. The van der Waals surface area contributed by atoms with Gasteiger partial charge in [-0.1, -0.05) is 24.3 Å². The van der Waals surface area contributed by atoms with E-state index in [4.69, 9.17) is 0 Å². The van der Waals surface area contributed by atoms with E-state index in [1.807, 2.05) is 18.5 Å². The summed E-state index contributed by atoms with van der Waals surface area (Å²) in [6, 6.07) is 12.4. The van der Waals surface area contributed by atoms with Gasteiger partial charge in [-0.25, -0.2) is 0 Å². The fraction of sp³-hybridized carbons (Fsp3) is 0.125. The van der Waals surface area contributed by atoms with Crippen molar-refractivity contribution in [2.24, 2.45) is 0 Å². The van der Waals surface area contributed by atoms with Gasteiger partial charge in [0.1, 0.15) is 0 Å². The Bertz CT molecular complexity index is 722. The Balaban J connectivity index is 1.71. The van der Waals surface area contributed by atoms with Crippen molar-refractivity contribution in [3.63, 3.8) is 0 Å². The summed E-state index contributed by atoms with van der Waals surface area (Å²) in [4.78, 5) is 8.62. The first kappa shape index (κ1) is 13.2. The van der Waals surface area contributed by atoms with Gasteiger partial charge in [0.2, 0.25) is 0 Å². The number of hydrogen-bond donors (Lipinski definition) is 1. The molecule has 3 aromatic rings. The van der Waals surface area contributed by atoms with Crippen LogP contribution in [0, 0.1) is 0 Å². The van der Waals surface area contributed by atoms with Gasteiger partial charge in [0, 0.05) is 41.5 Å². The van der Waals surface area contributed by atoms with Crippen molar-refractivity contribution in [2.75, 3.05) is 0 Å². The molecule has 0 atom stereocenters. The Morgan fingerprint density at radius 1 is 1.05 bits per heavy atom. The zero-order valence-corrected chi connectivity index (χ0v) is 12.5. The number of rotatable bonds is 4. The molecule has 2 aromatic heterocycles. The topological polar surface area (TPSA) is 37.8 Å². The van der Waals surface area contributed by atoms with Crippen LogP contribution < -0.4 is 5.32 Å². The van der Waals surface area contributed by atoms with Crippen LogP contribution in [0.4, 0.5) is 0 Å². The molecule has 1 aromatic carbocycles. The van der Waals surface area contributed by atoms with Gasteiger partial charge in [0.05, 0.1) is 5.52 Å². The zero-order valence-electron chi connectivity index (χ0n) is 10.9. The summed E-state index contributed by atoms with van der Waals surface area (Å²) in [5, 5.41) is 4.61. The van der Waals surface area contributed by atoms with Crippen LogP contribution in [0.5, 0.6) is 0 Å². The van der Waals surface area contributed by atoms with Gasteiger partial charge in [0.15, 0.2) is 0 Å².